The van der Waals surface area contributed by atoms with Crippen LogP contribution in [-0.4, -0.2) is 75.4 Å². The number of hydrogen-bond donors (Lipinski definition) is 6. The smallest absolute Gasteiger partial charge is 0.326 e. The Balaban J connectivity index is 4.13. The Morgan fingerprint density at radius 2 is 0.894 bits per heavy atom. The summed E-state index contributed by atoms with van der Waals surface area (Å²) in [5.74, 6) is -4.69. The Morgan fingerprint density at radius 1 is 0.489 bits per heavy atom. The van der Waals surface area contributed by atoms with Gasteiger partial charge < -0.3 is 31.3 Å². The van der Waals surface area contributed by atoms with Crippen molar-refractivity contribution in [1.82, 2.24) is 16.0 Å². The molecule has 0 aliphatic carbocycles. The molecule has 0 saturated carbocycles. The van der Waals surface area contributed by atoms with E-state index in [1.54, 1.807) is 6.92 Å². The number of carbonyl (C=O) groups excluding carboxylic acids is 4. The molecule has 0 heterocycles. The number of hydrogen-bond acceptors (Lipinski definition) is 7. The van der Waals surface area contributed by atoms with Gasteiger partial charge in [0, 0.05) is 38.1 Å². The molecule has 0 unspecified atom stereocenters. The summed E-state index contributed by atoms with van der Waals surface area (Å²) in [6.45, 7) is 3.80. The van der Waals surface area contributed by atoms with Crippen molar-refractivity contribution in [2.24, 2.45) is 5.92 Å². The number of nitrogens with one attached hydrogen (secondary N) is 3. The molecule has 0 aromatic rings. The average molecular weight is 670 g/mol. The number of carboxylic acid groups (broad SMARTS) is 3. The lowest BCUT2D eigenvalue weighted by Crippen LogP contribution is -2.44. The van der Waals surface area contributed by atoms with Crippen molar-refractivity contribution in [1.29, 1.82) is 0 Å². The van der Waals surface area contributed by atoms with E-state index in [0.717, 1.165) is 83.5 Å². The van der Waals surface area contributed by atoms with Gasteiger partial charge in [-0.1, -0.05) is 77.6 Å². The van der Waals surface area contributed by atoms with Crippen LogP contribution < -0.4 is 16.0 Å². The van der Waals surface area contributed by atoms with E-state index in [1.165, 1.54) is 0 Å². The summed E-state index contributed by atoms with van der Waals surface area (Å²) < 4.78 is 0. The lowest BCUT2D eigenvalue weighted by Gasteiger charge is -2.17. The summed E-state index contributed by atoms with van der Waals surface area (Å²) >= 11 is 0. The van der Waals surface area contributed by atoms with Crippen LogP contribution in [0.15, 0.2) is 0 Å². The van der Waals surface area contributed by atoms with Gasteiger partial charge in [0.1, 0.15) is 17.9 Å². The van der Waals surface area contributed by atoms with Crippen LogP contribution in [0.1, 0.15) is 149 Å². The molecule has 3 amide bonds. The maximum absolute atomic E-state index is 12.4. The van der Waals surface area contributed by atoms with E-state index in [0.29, 0.717) is 19.4 Å². The predicted molar refractivity (Wildman–Crippen MR) is 177 cm³/mol. The molecule has 3 atom stereocenters. The lowest BCUT2D eigenvalue weighted by molar-refractivity contribution is -0.143. The molecule has 0 aliphatic heterocycles. The van der Waals surface area contributed by atoms with Gasteiger partial charge in [0.05, 0.1) is 0 Å². The summed E-state index contributed by atoms with van der Waals surface area (Å²) in [5, 5.41) is 35.0. The van der Waals surface area contributed by atoms with E-state index in [1.807, 2.05) is 6.92 Å². The van der Waals surface area contributed by atoms with Gasteiger partial charge in [-0.25, -0.2) is 9.59 Å². The zero-order chi connectivity index (χ0) is 35.5. The minimum absolute atomic E-state index is 0.0262. The van der Waals surface area contributed by atoms with E-state index < -0.39 is 41.8 Å². The predicted octanol–water partition coefficient (Wildman–Crippen LogP) is 4.74. The lowest BCUT2D eigenvalue weighted by atomic mass is 10.0. The molecule has 6 N–H and O–H groups in total. The number of Topliss-reactive ketones (excluding diaryl/α,β-unsaturated/α-hetero) is 1. The van der Waals surface area contributed by atoms with Gasteiger partial charge >= 0.3 is 17.9 Å². The number of carboxylic acids is 3. The summed E-state index contributed by atoms with van der Waals surface area (Å²) in [6, 6.07) is -2.60. The van der Waals surface area contributed by atoms with Gasteiger partial charge in [-0.15, -0.1) is 0 Å². The van der Waals surface area contributed by atoms with Gasteiger partial charge in [0.2, 0.25) is 17.7 Å². The highest BCUT2D eigenvalue weighted by Gasteiger charge is 2.24. The van der Waals surface area contributed by atoms with Crippen molar-refractivity contribution < 1.29 is 48.9 Å². The molecule has 0 radical (unpaired) electrons. The molecule has 270 valence electrons. The highest BCUT2D eigenvalue weighted by atomic mass is 16.4. The topological polar surface area (TPSA) is 216 Å². The minimum atomic E-state index is -1.32. The molecular formula is C34H59N3O10. The molecule has 13 nitrogen and oxygen atoms in total. The second-order valence-electron chi connectivity index (χ2n) is 12.5. The van der Waals surface area contributed by atoms with Gasteiger partial charge in [-0.2, -0.15) is 0 Å². The van der Waals surface area contributed by atoms with Crippen molar-refractivity contribution in [2.75, 3.05) is 6.54 Å². The van der Waals surface area contributed by atoms with Crippen molar-refractivity contribution in [3.8, 4) is 0 Å². The molecule has 0 aliphatic rings. The summed E-state index contributed by atoms with van der Waals surface area (Å²) in [5.41, 5.74) is 0. The molecule has 13 heteroatoms. The number of aliphatic carboxylic acids is 3. The van der Waals surface area contributed by atoms with Crippen LogP contribution in [0, 0.1) is 5.92 Å². The Bertz CT molecular complexity index is 972. The van der Waals surface area contributed by atoms with Crippen LogP contribution in [0.2, 0.25) is 0 Å². The van der Waals surface area contributed by atoms with E-state index in [4.69, 9.17) is 5.11 Å². The summed E-state index contributed by atoms with van der Waals surface area (Å²) in [4.78, 5) is 81.7. The van der Waals surface area contributed by atoms with Gasteiger partial charge in [0.25, 0.3) is 0 Å². The van der Waals surface area contributed by atoms with Crippen molar-refractivity contribution >= 4 is 41.4 Å². The zero-order valence-electron chi connectivity index (χ0n) is 28.5. The Hall–Kier alpha value is -3.51. The first kappa shape index (κ1) is 43.5. The largest absolute Gasteiger partial charge is 0.481 e. The first-order valence-corrected chi connectivity index (χ1v) is 17.4. The first-order valence-electron chi connectivity index (χ1n) is 17.4. The monoisotopic (exact) mass is 669 g/mol. The third-order valence-electron chi connectivity index (χ3n) is 8.21. The van der Waals surface area contributed by atoms with Crippen LogP contribution in [0.4, 0.5) is 0 Å². The van der Waals surface area contributed by atoms with Gasteiger partial charge in [0.15, 0.2) is 0 Å². The van der Waals surface area contributed by atoms with Crippen molar-refractivity contribution in [2.45, 2.75) is 161 Å². The Morgan fingerprint density at radius 3 is 1.32 bits per heavy atom. The zero-order valence-corrected chi connectivity index (χ0v) is 28.5. The maximum atomic E-state index is 12.4. The first-order chi connectivity index (χ1) is 22.3. The second kappa shape index (κ2) is 27.6. The number of unbranched alkanes of at least 4 members (excludes halogenated alkanes) is 12. The number of carbonyl (C=O) groups is 7. The van der Waals surface area contributed by atoms with E-state index in [2.05, 4.69) is 16.0 Å². The molecule has 0 spiro atoms. The molecule has 0 fully saturated rings. The fourth-order valence-corrected chi connectivity index (χ4v) is 5.02. The fourth-order valence-electron chi connectivity index (χ4n) is 5.02. The SMILES string of the molecule is CC(=O)[C@@H](C)CCCCNC(=O)CC[C@H](NC(=O)CC[C@H](NC(=O)CCCCCCCCCCCCCCC(=O)O)C(=O)O)C(=O)O. The van der Waals surface area contributed by atoms with Crippen LogP contribution >= 0.6 is 0 Å². The Labute approximate surface area is 279 Å². The number of rotatable bonds is 31. The van der Waals surface area contributed by atoms with Crippen molar-refractivity contribution in [3.05, 3.63) is 0 Å². The van der Waals surface area contributed by atoms with Crippen molar-refractivity contribution in [3.63, 3.8) is 0 Å². The molecule has 0 rings (SSSR count). The maximum Gasteiger partial charge on any atom is 0.326 e. The highest BCUT2D eigenvalue weighted by Crippen LogP contribution is 2.13. The standard InChI is InChI=1S/C34H59N3O10/c1-25(26(2)38)17-15-16-24-35-29(39)22-20-27(33(44)45)37-31(41)23-21-28(34(46)47)36-30(40)18-13-11-9-7-5-3-4-6-8-10-12-14-19-32(42)43/h25,27-28H,3-24H2,1-2H3,(H,35,39)(H,36,40)(H,37,41)(H,42,43)(H,44,45)(H,46,47)/t25-,27-,28-/m0/s1. The second-order valence-corrected chi connectivity index (χ2v) is 12.5. The summed E-state index contributed by atoms with van der Waals surface area (Å²) in [7, 11) is 0. The quantitative estimate of drug-likeness (QED) is 0.0557. The molecule has 0 aromatic carbocycles. The molecular weight excluding hydrogens is 610 g/mol. The van der Waals surface area contributed by atoms with Crippen LogP contribution in [-0.2, 0) is 33.6 Å². The van der Waals surface area contributed by atoms with E-state index in [9.17, 15) is 43.8 Å². The molecule has 47 heavy (non-hydrogen) atoms. The van der Waals surface area contributed by atoms with Crippen LogP contribution in [0.5, 0.6) is 0 Å². The third kappa shape index (κ3) is 26.3. The van der Waals surface area contributed by atoms with Crippen LogP contribution in [0.3, 0.4) is 0 Å². The summed E-state index contributed by atoms with van der Waals surface area (Å²) in [6.07, 6.45) is 13.9. The minimum Gasteiger partial charge on any atom is -0.481 e. The van der Waals surface area contributed by atoms with Gasteiger partial charge in [-0.05, 0) is 45.4 Å². The number of amides is 3. The van der Waals surface area contributed by atoms with Crippen LogP contribution in [0.25, 0.3) is 0 Å². The Kier molecular flexibility index (Phi) is 25.5. The average Bonchev–Trinajstić information content (AvgIpc) is 3.00. The molecule has 0 saturated heterocycles. The van der Waals surface area contributed by atoms with E-state index in [-0.39, 0.29) is 56.1 Å². The molecule has 0 aromatic heterocycles. The van der Waals surface area contributed by atoms with E-state index >= 15 is 0 Å². The fraction of sp³-hybridized carbons (Fsp3) is 0.794. The van der Waals surface area contributed by atoms with Gasteiger partial charge in [-0.3, -0.25) is 24.0 Å². The normalized spacial score (nSPS) is 12.8. The third-order valence-corrected chi connectivity index (χ3v) is 8.21. The highest BCUT2D eigenvalue weighted by molar-refractivity contribution is 5.86. The molecule has 0 bridgehead atoms. The number of ketones is 1.